The van der Waals surface area contributed by atoms with Crippen molar-refractivity contribution in [3.63, 3.8) is 0 Å². The van der Waals surface area contributed by atoms with E-state index in [4.69, 9.17) is 15.2 Å². The quantitative estimate of drug-likeness (QED) is 0.749. The fourth-order valence-corrected chi connectivity index (χ4v) is 2.53. The third-order valence-corrected chi connectivity index (χ3v) is 3.59. The predicted molar refractivity (Wildman–Crippen MR) is 82.9 cm³/mol. The first-order valence-corrected chi connectivity index (χ1v) is 7.24. The standard InChI is InChI=1S/C13H23N3O3S/c1-8(2)19-10-9(14)11(13(17)18-5)20-12(10)15-6-7-16(3)4/h8,15H,6-7,14H2,1-5H3. The van der Waals surface area contributed by atoms with Crippen molar-refractivity contribution in [3.8, 4) is 5.75 Å². The summed E-state index contributed by atoms with van der Waals surface area (Å²) in [4.78, 5) is 14.1. The monoisotopic (exact) mass is 301 g/mol. The largest absolute Gasteiger partial charge is 0.486 e. The number of likely N-dealkylation sites (N-methyl/N-ethyl adjacent to an activating group) is 1. The molecule has 1 aromatic rings. The lowest BCUT2D eigenvalue weighted by Crippen LogP contribution is -2.20. The molecule has 0 fully saturated rings. The van der Waals surface area contributed by atoms with Crippen molar-refractivity contribution in [2.45, 2.75) is 20.0 Å². The van der Waals surface area contributed by atoms with Crippen molar-refractivity contribution in [3.05, 3.63) is 4.88 Å². The first kappa shape index (κ1) is 16.6. The normalized spacial score (nSPS) is 10.9. The Kier molecular flexibility index (Phi) is 6.09. The summed E-state index contributed by atoms with van der Waals surface area (Å²) in [5, 5.41) is 4.02. The number of anilines is 2. The molecule has 0 bridgehead atoms. The molecule has 0 unspecified atom stereocenters. The van der Waals surface area contributed by atoms with Crippen LogP contribution >= 0.6 is 11.3 Å². The van der Waals surface area contributed by atoms with Gasteiger partial charge in [0.2, 0.25) is 0 Å². The Labute approximate surface area is 123 Å². The summed E-state index contributed by atoms with van der Waals surface area (Å²) in [5.74, 6) is 0.0888. The molecule has 0 atom stereocenters. The average Bonchev–Trinajstić information content (AvgIpc) is 2.66. The van der Waals surface area contributed by atoms with E-state index in [2.05, 4.69) is 10.2 Å². The zero-order valence-corrected chi connectivity index (χ0v) is 13.5. The molecule has 0 aliphatic carbocycles. The molecular formula is C13H23N3O3S. The number of ether oxygens (including phenoxy) is 2. The van der Waals surface area contributed by atoms with E-state index < -0.39 is 5.97 Å². The molecule has 0 spiro atoms. The van der Waals surface area contributed by atoms with Crippen LogP contribution in [0.15, 0.2) is 0 Å². The zero-order chi connectivity index (χ0) is 15.3. The molecule has 114 valence electrons. The first-order valence-electron chi connectivity index (χ1n) is 6.42. The summed E-state index contributed by atoms with van der Waals surface area (Å²) < 4.78 is 10.4. The summed E-state index contributed by atoms with van der Waals surface area (Å²) in [5.41, 5.74) is 6.33. The van der Waals surface area contributed by atoms with Gasteiger partial charge in [0.15, 0.2) is 5.75 Å². The lowest BCUT2D eigenvalue weighted by atomic mass is 10.3. The molecule has 0 aromatic carbocycles. The maximum atomic E-state index is 11.7. The van der Waals surface area contributed by atoms with Crippen molar-refractivity contribution < 1.29 is 14.3 Å². The van der Waals surface area contributed by atoms with Gasteiger partial charge in [-0.2, -0.15) is 0 Å². The fraction of sp³-hybridized carbons (Fsp3) is 0.615. The Bertz CT molecular complexity index is 458. The number of esters is 1. The van der Waals surface area contributed by atoms with Gasteiger partial charge in [-0.15, -0.1) is 11.3 Å². The van der Waals surface area contributed by atoms with Crippen LogP contribution in [0.25, 0.3) is 0 Å². The van der Waals surface area contributed by atoms with Gasteiger partial charge in [-0.1, -0.05) is 0 Å². The number of nitrogen functional groups attached to an aromatic ring is 1. The Morgan fingerprint density at radius 3 is 2.60 bits per heavy atom. The van der Waals surface area contributed by atoms with Gasteiger partial charge in [-0.25, -0.2) is 4.79 Å². The zero-order valence-electron chi connectivity index (χ0n) is 12.6. The van der Waals surface area contributed by atoms with Gasteiger partial charge in [-0.3, -0.25) is 0 Å². The maximum Gasteiger partial charge on any atom is 0.350 e. The number of nitrogens with one attached hydrogen (secondary N) is 1. The van der Waals surface area contributed by atoms with Crippen LogP contribution in [-0.2, 0) is 4.74 Å². The number of thiophene rings is 1. The van der Waals surface area contributed by atoms with Crippen LogP contribution in [-0.4, -0.2) is 51.3 Å². The molecule has 1 rings (SSSR count). The van der Waals surface area contributed by atoms with E-state index in [0.29, 0.717) is 16.3 Å². The van der Waals surface area contributed by atoms with E-state index in [9.17, 15) is 4.79 Å². The number of rotatable bonds is 7. The van der Waals surface area contributed by atoms with Crippen molar-refractivity contribution >= 4 is 28.0 Å². The number of nitrogens with zero attached hydrogens (tertiary/aromatic N) is 1. The minimum absolute atomic E-state index is 0.0215. The summed E-state index contributed by atoms with van der Waals surface area (Å²) in [6.45, 7) is 5.44. The number of carbonyl (C=O) groups excluding carboxylic acids is 1. The van der Waals surface area contributed by atoms with Crippen LogP contribution in [0, 0.1) is 0 Å². The maximum absolute atomic E-state index is 11.7. The second-order valence-electron chi connectivity index (χ2n) is 4.89. The van der Waals surface area contributed by atoms with E-state index >= 15 is 0 Å². The Hall–Kier alpha value is -1.47. The Balaban J connectivity index is 2.97. The molecule has 0 amide bonds. The highest BCUT2D eigenvalue weighted by Gasteiger charge is 2.23. The lowest BCUT2D eigenvalue weighted by Gasteiger charge is -2.14. The third-order valence-electron chi connectivity index (χ3n) is 2.47. The van der Waals surface area contributed by atoms with Crippen LogP contribution in [0.1, 0.15) is 23.5 Å². The minimum Gasteiger partial charge on any atom is -0.486 e. The van der Waals surface area contributed by atoms with Crippen LogP contribution in [0.2, 0.25) is 0 Å². The van der Waals surface area contributed by atoms with Crippen LogP contribution in [0.4, 0.5) is 10.7 Å². The SMILES string of the molecule is COC(=O)c1sc(NCCN(C)C)c(OC(C)C)c1N. The topological polar surface area (TPSA) is 76.8 Å². The first-order chi connectivity index (χ1) is 9.36. The second kappa shape index (κ2) is 7.35. The molecule has 0 saturated carbocycles. The molecule has 6 nitrogen and oxygen atoms in total. The van der Waals surface area contributed by atoms with Gasteiger partial charge >= 0.3 is 5.97 Å². The number of hydrogen-bond acceptors (Lipinski definition) is 7. The van der Waals surface area contributed by atoms with E-state index in [1.165, 1.54) is 18.4 Å². The second-order valence-corrected chi connectivity index (χ2v) is 5.91. The number of hydrogen-bond donors (Lipinski definition) is 2. The molecule has 1 heterocycles. The molecule has 7 heteroatoms. The Morgan fingerprint density at radius 1 is 1.45 bits per heavy atom. The number of methoxy groups -OCH3 is 1. The lowest BCUT2D eigenvalue weighted by molar-refractivity contribution is 0.0607. The van der Waals surface area contributed by atoms with Crippen molar-refractivity contribution in [2.24, 2.45) is 0 Å². The van der Waals surface area contributed by atoms with E-state index in [0.717, 1.165) is 18.1 Å². The smallest absolute Gasteiger partial charge is 0.350 e. The Morgan fingerprint density at radius 2 is 2.10 bits per heavy atom. The number of nitrogens with two attached hydrogens (primary N) is 1. The van der Waals surface area contributed by atoms with Crippen LogP contribution in [0.3, 0.4) is 0 Å². The average molecular weight is 301 g/mol. The molecule has 1 aromatic heterocycles. The van der Waals surface area contributed by atoms with Gasteiger partial charge in [0.1, 0.15) is 15.6 Å². The van der Waals surface area contributed by atoms with Gasteiger partial charge in [0.05, 0.1) is 13.2 Å². The van der Waals surface area contributed by atoms with Crippen molar-refractivity contribution in [1.29, 1.82) is 0 Å². The van der Waals surface area contributed by atoms with Gasteiger partial charge in [0, 0.05) is 13.1 Å². The third kappa shape index (κ3) is 4.28. The summed E-state index contributed by atoms with van der Waals surface area (Å²) in [7, 11) is 5.33. The van der Waals surface area contributed by atoms with E-state index in [1.54, 1.807) is 0 Å². The molecular weight excluding hydrogens is 278 g/mol. The molecule has 20 heavy (non-hydrogen) atoms. The highest BCUT2D eigenvalue weighted by atomic mass is 32.1. The van der Waals surface area contributed by atoms with Crippen molar-refractivity contribution in [2.75, 3.05) is 45.3 Å². The molecule has 3 N–H and O–H groups in total. The summed E-state index contributed by atoms with van der Waals surface area (Å²) in [6.07, 6.45) is -0.0215. The van der Waals surface area contributed by atoms with Crippen LogP contribution in [0.5, 0.6) is 5.75 Å². The molecule has 0 saturated heterocycles. The molecule has 0 aliphatic heterocycles. The van der Waals surface area contributed by atoms with Gasteiger partial charge in [0.25, 0.3) is 0 Å². The summed E-state index contributed by atoms with van der Waals surface area (Å²) >= 11 is 1.26. The van der Waals surface area contributed by atoms with Crippen LogP contribution < -0.4 is 15.8 Å². The van der Waals surface area contributed by atoms with Gasteiger partial charge < -0.3 is 25.4 Å². The van der Waals surface area contributed by atoms with Gasteiger partial charge in [-0.05, 0) is 27.9 Å². The highest BCUT2D eigenvalue weighted by Crippen LogP contribution is 2.43. The minimum atomic E-state index is -0.443. The van der Waals surface area contributed by atoms with E-state index in [1.807, 2.05) is 27.9 Å². The fourth-order valence-electron chi connectivity index (χ4n) is 1.54. The van der Waals surface area contributed by atoms with E-state index in [-0.39, 0.29) is 6.10 Å². The highest BCUT2D eigenvalue weighted by molar-refractivity contribution is 7.19. The molecule has 0 radical (unpaired) electrons. The molecule has 0 aliphatic rings. The number of carbonyl (C=O) groups is 1. The van der Waals surface area contributed by atoms with Crippen molar-refractivity contribution in [1.82, 2.24) is 4.90 Å². The predicted octanol–water partition coefficient (Wildman–Crippen LogP) is 1.88. The summed E-state index contributed by atoms with van der Waals surface area (Å²) in [6, 6.07) is 0.